The third kappa shape index (κ3) is 37.2. The summed E-state index contributed by atoms with van der Waals surface area (Å²) in [6.07, 6.45) is 3.76. The van der Waals surface area contributed by atoms with E-state index in [1.54, 1.807) is 99.7 Å². The monoisotopic (exact) mass is 1690 g/mol. The van der Waals surface area contributed by atoms with Crippen molar-refractivity contribution in [2.24, 2.45) is 107 Å². The Morgan fingerprint density at radius 1 is 0.385 bits per heavy atom. The molecule has 34 N–H and O–H groups in total. The number of unbranched alkanes of at least 4 members (excludes halogenated alkanes) is 1. The van der Waals surface area contributed by atoms with E-state index in [1.165, 1.54) is 0 Å². The fourth-order valence-electron chi connectivity index (χ4n) is 12.0. The topological polar surface area (TPSA) is 712 Å². The molecule has 0 unspecified atom stereocenters. The van der Waals surface area contributed by atoms with Gasteiger partial charge in [-0.2, -0.15) is 25.3 Å². The predicted molar refractivity (Wildman–Crippen MR) is 454 cm³/mol. The highest BCUT2D eigenvalue weighted by Crippen LogP contribution is 2.22. The Morgan fingerprint density at radius 3 is 1.09 bits per heavy atom. The number of nitrogens with two attached hydrogens (primary N) is 10. The van der Waals surface area contributed by atoms with Gasteiger partial charge < -0.3 is 131 Å². The van der Waals surface area contributed by atoms with Gasteiger partial charge in [0.2, 0.25) is 70.9 Å². The predicted octanol–water partition coefficient (Wildman–Crippen LogP) is -4.80. The smallest absolute Gasteiger partial charge is 0.326 e. The molecule has 1 heterocycles. The van der Waals surface area contributed by atoms with Crippen molar-refractivity contribution in [2.75, 3.05) is 44.2 Å². The van der Waals surface area contributed by atoms with Crippen LogP contribution in [-0.2, 0) is 68.7 Å². The maximum Gasteiger partial charge on any atom is 0.326 e. The lowest BCUT2D eigenvalue weighted by atomic mass is 9.95. The molecule has 1 aromatic heterocycles. The number of carboxylic acids is 1. The number of aromatic amines is 1. The number of aliphatic imine (C=N–C) groups is 4. The second-order valence-corrected chi connectivity index (χ2v) is 30.5. The molecule has 43 heteroatoms. The molecular formula is C74H131N27O14S2. The first-order chi connectivity index (χ1) is 55.2. The highest BCUT2D eigenvalue weighted by Gasteiger charge is 2.40. The van der Waals surface area contributed by atoms with Crippen molar-refractivity contribution in [1.82, 2.24) is 68.8 Å². The van der Waals surface area contributed by atoms with Crippen molar-refractivity contribution in [2.45, 2.75) is 238 Å². The van der Waals surface area contributed by atoms with Crippen molar-refractivity contribution < 1.29 is 67.4 Å². The van der Waals surface area contributed by atoms with Crippen molar-refractivity contribution in [1.29, 1.82) is 0 Å². The van der Waals surface area contributed by atoms with Crippen LogP contribution in [0.1, 0.15) is 158 Å². The minimum absolute atomic E-state index is 0.00346. The SMILES string of the molecule is CC[C@H](C)[C@H](NC(=O)[C@H](CCCN=C(N)N)NC(=O)[C@H](CS)NC(=O)[C@H](CCCCN)NC(=O)[C@@H](N)CCCN=C(N)N)C(=O)N[C@H](C(=O)N[C@@H](Cc1c[nH]c2ccccc12)C(=O)N[C@H](C(=O)N[C@H](C(=O)N[C@@H](CCCN=C(N)N)C(=O)N[C@H](C(=O)N[C@@H](CS)C(=O)N[C@@H](CCCN=C(N)N)C(=O)O)C(C)C)[C@@H](C)CC)C(C)C)C(C)C. The van der Waals surface area contributed by atoms with Crippen molar-refractivity contribution in [3.05, 3.63) is 36.0 Å². The third-order valence-corrected chi connectivity index (χ3v) is 20.0. The highest BCUT2D eigenvalue weighted by molar-refractivity contribution is 7.80. The number of nitrogens with one attached hydrogen (secondary N) is 13. The summed E-state index contributed by atoms with van der Waals surface area (Å²) < 4.78 is 0. The Bertz CT molecular complexity index is 3700. The summed E-state index contributed by atoms with van der Waals surface area (Å²) in [6, 6.07) is -10.4. The van der Waals surface area contributed by atoms with Crippen LogP contribution in [-0.4, -0.2) is 234 Å². The van der Waals surface area contributed by atoms with Crippen LogP contribution in [0.25, 0.3) is 10.9 Å². The molecule has 41 nitrogen and oxygen atoms in total. The minimum atomic E-state index is -1.48. The quantitative estimate of drug-likeness (QED) is 0.0128. The van der Waals surface area contributed by atoms with Crippen LogP contribution in [0.5, 0.6) is 0 Å². The number of guanidine groups is 4. The highest BCUT2D eigenvalue weighted by atomic mass is 32.1. The van der Waals surface area contributed by atoms with E-state index in [0.717, 1.165) is 0 Å². The zero-order chi connectivity index (χ0) is 88.3. The van der Waals surface area contributed by atoms with Crippen LogP contribution in [0.2, 0.25) is 0 Å². The van der Waals surface area contributed by atoms with E-state index in [-0.39, 0.29) is 119 Å². The summed E-state index contributed by atoms with van der Waals surface area (Å²) in [5, 5.41) is 42.8. The van der Waals surface area contributed by atoms with Crippen LogP contribution in [0.15, 0.2) is 50.4 Å². The summed E-state index contributed by atoms with van der Waals surface area (Å²) in [5.41, 5.74) is 57.1. The summed E-state index contributed by atoms with van der Waals surface area (Å²) in [7, 11) is 0. The number of aliphatic carboxylic acids is 1. The lowest BCUT2D eigenvalue weighted by Crippen LogP contribution is -2.63. The Kier molecular flexibility index (Phi) is 47.1. The lowest BCUT2D eigenvalue weighted by Gasteiger charge is -2.32. The van der Waals surface area contributed by atoms with Gasteiger partial charge in [0.25, 0.3) is 0 Å². The van der Waals surface area contributed by atoms with Gasteiger partial charge in [-0.3, -0.25) is 77.5 Å². The second-order valence-electron chi connectivity index (χ2n) is 29.8. The van der Waals surface area contributed by atoms with Gasteiger partial charge in [-0.1, -0.05) is 100 Å². The van der Waals surface area contributed by atoms with Crippen molar-refractivity contribution in [3.8, 4) is 0 Å². The molecule has 658 valence electrons. The molecule has 2 rings (SSSR count). The van der Waals surface area contributed by atoms with Gasteiger partial charge >= 0.3 is 5.97 Å². The summed E-state index contributed by atoms with van der Waals surface area (Å²) >= 11 is 8.58. The van der Waals surface area contributed by atoms with E-state index < -0.39 is 185 Å². The van der Waals surface area contributed by atoms with Crippen LogP contribution in [0.4, 0.5) is 0 Å². The molecule has 0 saturated carbocycles. The molecule has 2 aromatic rings. The number of carbonyl (C=O) groups excluding carboxylic acids is 12. The zero-order valence-corrected chi connectivity index (χ0v) is 70.6. The molecular weight excluding hydrogens is 1560 g/mol. The molecule has 0 fully saturated rings. The average molecular weight is 1690 g/mol. The number of rotatable bonds is 56. The van der Waals surface area contributed by atoms with E-state index in [9.17, 15) is 57.8 Å². The number of para-hydroxylation sites is 1. The van der Waals surface area contributed by atoms with E-state index >= 15 is 9.59 Å². The molecule has 12 amide bonds. The number of nitrogens with zero attached hydrogens (tertiary/aromatic N) is 4. The van der Waals surface area contributed by atoms with Crippen LogP contribution in [0, 0.1) is 29.6 Å². The second kappa shape index (κ2) is 53.7. The number of amides is 12. The summed E-state index contributed by atoms with van der Waals surface area (Å²) in [4.78, 5) is 204. The molecule has 0 aliphatic rings. The van der Waals surface area contributed by atoms with Gasteiger partial charge in [0.05, 0.1) is 6.04 Å². The Morgan fingerprint density at radius 2 is 0.684 bits per heavy atom. The molecule has 0 radical (unpaired) electrons. The third-order valence-electron chi connectivity index (χ3n) is 19.3. The molecule has 0 saturated heterocycles. The lowest BCUT2D eigenvalue weighted by molar-refractivity contribution is -0.142. The molecule has 0 bridgehead atoms. The van der Waals surface area contributed by atoms with E-state index in [0.29, 0.717) is 55.1 Å². The van der Waals surface area contributed by atoms with E-state index in [2.05, 4.69) is 114 Å². The Balaban J connectivity index is 2.59. The maximum atomic E-state index is 15.1. The number of H-pyrrole nitrogens is 1. The average Bonchev–Trinajstić information content (AvgIpc) is 1.73. The number of hydrogen-bond donors (Lipinski definition) is 26. The Hall–Kier alpha value is -10.4. The molecule has 15 atom stereocenters. The number of carbonyl (C=O) groups is 13. The number of benzene rings is 1. The zero-order valence-electron chi connectivity index (χ0n) is 68.8. The van der Waals surface area contributed by atoms with Gasteiger partial charge in [-0.05, 0) is 118 Å². The number of carboxylic acid groups (broad SMARTS) is 1. The van der Waals surface area contributed by atoms with Gasteiger partial charge in [-0.15, -0.1) is 0 Å². The van der Waals surface area contributed by atoms with Crippen molar-refractivity contribution >= 4 is 137 Å². The standard InChI is InChI=1S/C74H131N27O14S2/c1-11-40(9)56(68(112)92-48(26-19-31-87-73(81)82)60(104)97-53(37(3)4)66(110)96-52(36-117)64(108)93-49(70(114)115)27-20-32-88-74(83)84)101-67(111)55(39(7)8)98-62(106)50(33-42-34-89-45-23-14-13-21-43(42)45)94-65(109)54(38(5)6)99-69(113)57(41(10)12-2)100-61(105)47(25-18-30-86-72(79)80)91-63(107)51(35-116)95-59(103)46(24-15-16-28-75)90-58(102)44(76)22-17-29-85-71(77)78/h13-14,21,23,34,37-41,44,46-57,89,116-117H,11-12,15-20,22,24-33,35-36,75-76H2,1-10H3,(H,90,102)(H,91,107)(H,92,112)(H,93,108)(H,94,109)(H,95,103)(H,96,110)(H,97,104)(H,98,106)(H,99,113)(H,100,105)(H,101,111)(H,114,115)(H4,77,78,85)(H4,79,80,86)(H4,81,82,87)(H4,83,84,88)/t40-,41-,44-,46-,47-,48-,49-,50-,51-,52-,53-,54-,55-,56-,57-/m0/s1. The van der Waals surface area contributed by atoms with E-state index in [1.807, 2.05) is 0 Å². The van der Waals surface area contributed by atoms with Gasteiger partial charge in [0, 0.05) is 61.2 Å². The maximum absolute atomic E-state index is 15.1. The first-order valence-electron chi connectivity index (χ1n) is 39.5. The molecule has 117 heavy (non-hydrogen) atoms. The normalized spacial score (nSPS) is 15.1. The Labute approximate surface area is 694 Å². The first-order valence-corrected chi connectivity index (χ1v) is 40.7. The van der Waals surface area contributed by atoms with Crippen LogP contribution >= 0.6 is 25.3 Å². The van der Waals surface area contributed by atoms with Crippen molar-refractivity contribution in [3.63, 3.8) is 0 Å². The van der Waals surface area contributed by atoms with Crippen LogP contribution < -0.4 is 121 Å². The number of hydrogen-bond acceptors (Lipinski definition) is 21. The number of thiol groups is 2. The van der Waals surface area contributed by atoms with Gasteiger partial charge in [0.15, 0.2) is 23.8 Å². The molecule has 1 aromatic carbocycles. The van der Waals surface area contributed by atoms with Crippen LogP contribution in [0.3, 0.4) is 0 Å². The van der Waals surface area contributed by atoms with Gasteiger partial charge in [-0.25, -0.2) is 4.79 Å². The van der Waals surface area contributed by atoms with Gasteiger partial charge in [0.1, 0.15) is 72.5 Å². The summed E-state index contributed by atoms with van der Waals surface area (Å²) in [5.74, 6) is -16.0. The minimum Gasteiger partial charge on any atom is -0.480 e. The first kappa shape index (κ1) is 103. The fraction of sp³-hybridized carbons (Fsp3) is 0.662. The number of aromatic nitrogens is 1. The summed E-state index contributed by atoms with van der Waals surface area (Å²) in [6.45, 7) is 17.2. The molecule has 0 spiro atoms. The number of fused-ring (bicyclic) bond motifs is 1. The fourth-order valence-corrected chi connectivity index (χ4v) is 12.5. The molecule has 0 aliphatic carbocycles. The molecule has 0 aliphatic heterocycles. The largest absolute Gasteiger partial charge is 0.480 e. The van der Waals surface area contributed by atoms with E-state index in [4.69, 9.17) is 57.3 Å².